The third kappa shape index (κ3) is 2.94. The van der Waals surface area contributed by atoms with Crippen molar-refractivity contribution in [1.82, 2.24) is 10.3 Å². The molecule has 1 aromatic carbocycles. The number of benzene rings is 1. The molecule has 0 aliphatic heterocycles. The quantitative estimate of drug-likeness (QED) is 0.846. The van der Waals surface area contributed by atoms with Crippen molar-refractivity contribution < 1.29 is 8.78 Å². The van der Waals surface area contributed by atoms with Crippen molar-refractivity contribution in [3.8, 4) is 0 Å². The Morgan fingerprint density at radius 2 is 2.00 bits per heavy atom. The van der Waals surface area contributed by atoms with Crippen LogP contribution in [0.2, 0.25) is 5.02 Å². The zero-order valence-electron chi connectivity index (χ0n) is 9.92. The van der Waals surface area contributed by atoms with Gasteiger partial charge in [-0.15, -0.1) is 0 Å². The molecular formula is C13H10BrClF2N2. The Balaban J connectivity index is 2.48. The Hall–Kier alpha value is -1.04. The van der Waals surface area contributed by atoms with Gasteiger partial charge in [0, 0.05) is 10.0 Å². The highest BCUT2D eigenvalue weighted by atomic mass is 79.9. The molecule has 0 spiro atoms. The lowest BCUT2D eigenvalue weighted by molar-refractivity contribution is 0.566. The van der Waals surface area contributed by atoms with Gasteiger partial charge >= 0.3 is 0 Å². The van der Waals surface area contributed by atoms with Gasteiger partial charge < -0.3 is 5.32 Å². The Morgan fingerprint density at radius 1 is 1.26 bits per heavy atom. The molecule has 1 unspecified atom stereocenters. The number of nitrogens with zero attached hydrogens (tertiary/aromatic N) is 1. The topological polar surface area (TPSA) is 24.9 Å². The summed E-state index contributed by atoms with van der Waals surface area (Å²) in [7, 11) is 1.67. The molecule has 0 aliphatic carbocycles. The first-order valence-corrected chi connectivity index (χ1v) is 6.63. The molecule has 19 heavy (non-hydrogen) atoms. The van der Waals surface area contributed by atoms with Gasteiger partial charge in [0.05, 0.1) is 23.0 Å². The maximum atomic E-state index is 14.2. The van der Waals surface area contributed by atoms with Crippen LogP contribution in [0, 0.1) is 11.6 Å². The van der Waals surface area contributed by atoms with E-state index in [1.807, 2.05) is 0 Å². The highest BCUT2D eigenvalue weighted by molar-refractivity contribution is 9.10. The molecule has 0 amide bonds. The SMILES string of the molecule is CNC(c1ccc(F)cn1)c1ccc(Br)c(Cl)c1F. The molecule has 0 saturated carbocycles. The van der Waals surface area contributed by atoms with E-state index in [0.717, 1.165) is 6.20 Å². The first-order chi connectivity index (χ1) is 9.04. The van der Waals surface area contributed by atoms with Gasteiger partial charge in [-0.25, -0.2) is 8.78 Å². The van der Waals surface area contributed by atoms with Gasteiger partial charge in [-0.1, -0.05) is 17.7 Å². The standard InChI is InChI=1S/C13H10BrClF2N2/c1-18-13(10-5-2-7(16)6-19-10)8-3-4-9(14)11(15)12(8)17/h2-6,13,18H,1H3. The molecule has 1 N–H and O–H groups in total. The van der Waals surface area contributed by atoms with Crippen molar-refractivity contribution in [2.75, 3.05) is 7.05 Å². The maximum Gasteiger partial charge on any atom is 0.148 e. The highest BCUT2D eigenvalue weighted by Crippen LogP contribution is 2.32. The largest absolute Gasteiger partial charge is 0.308 e. The lowest BCUT2D eigenvalue weighted by Crippen LogP contribution is -2.20. The van der Waals surface area contributed by atoms with Crippen LogP contribution in [-0.2, 0) is 0 Å². The molecule has 0 saturated heterocycles. The first-order valence-electron chi connectivity index (χ1n) is 5.46. The minimum atomic E-state index is -0.526. The lowest BCUT2D eigenvalue weighted by Gasteiger charge is -2.17. The van der Waals surface area contributed by atoms with Gasteiger partial charge in [-0.05, 0) is 41.2 Å². The minimum absolute atomic E-state index is 0.0138. The highest BCUT2D eigenvalue weighted by Gasteiger charge is 2.20. The molecule has 0 radical (unpaired) electrons. The molecule has 2 nitrogen and oxygen atoms in total. The molecule has 0 fully saturated rings. The lowest BCUT2D eigenvalue weighted by atomic mass is 10.0. The Kier molecular flexibility index (Phi) is 4.50. The number of hydrogen-bond donors (Lipinski definition) is 1. The summed E-state index contributed by atoms with van der Waals surface area (Å²) in [4.78, 5) is 3.96. The van der Waals surface area contributed by atoms with E-state index in [1.165, 1.54) is 12.1 Å². The first kappa shape index (κ1) is 14.4. The molecule has 0 aliphatic rings. The predicted molar refractivity (Wildman–Crippen MR) is 74.2 cm³/mol. The predicted octanol–water partition coefficient (Wildman–Crippen LogP) is 4.08. The number of aromatic nitrogens is 1. The summed E-state index contributed by atoms with van der Waals surface area (Å²) in [5.74, 6) is -0.963. The fraction of sp³-hybridized carbons (Fsp3) is 0.154. The number of nitrogens with one attached hydrogen (secondary N) is 1. The van der Waals surface area contributed by atoms with Crippen molar-refractivity contribution >= 4 is 27.5 Å². The van der Waals surface area contributed by atoms with E-state index in [-0.39, 0.29) is 5.02 Å². The van der Waals surface area contributed by atoms with Crippen molar-refractivity contribution in [3.63, 3.8) is 0 Å². The minimum Gasteiger partial charge on any atom is -0.308 e. The van der Waals surface area contributed by atoms with E-state index in [9.17, 15) is 8.78 Å². The van der Waals surface area contributed by atoms with E-state index in [4.69, 9.17) is 11.6 Å². The summed E-state index contributed by atoms with van der Waals surface area (Å²) >= 11 is 9.03. The molecule has 1 heterocycles. The summed E-state index contributed by atoms with van der Waals surface area (Å²) in [6.45, 7) is 0. The van der Waals surface area contributed by atoms with Crippen LogP contribution in [0.5, 0.6) is 0 Å². The van der Waals surface area contributed by atoms with Crippen molar-refractivity contribution in [2.24, 2.45) is 0 Å². The van der Waals surface area contributed by atoms with Crippen LogP contribution in [0.3, 0.4) is 0 Å². The van der Waals surface area contributed by atoms with Gasteiger partial charge in [0.25, 0.3) is 0 Å². The van der Waals surface area contributed by atoms with E-state index < -0.39 is 17.7 Å². The maximum absolute atomic E-state index is 14.2. The monoisotopic (exact) mass is 346 g/mol. The van der Waals surface area contributed by atoms with Crippen LogP contribution in [0.4, 0.5) is 8.78 Å². The molecular weight excluding hydrogens is 338 g/mol. The van der Waals surface area contributed by atoms with E-state index in [0.29, 0.717) is 15.7 Å². The summed E-state index contributed by atoms with van der Waals surface area (Å²) in [6, 6.07) is 5.56. The third-order valence-corrected chi connectivity index (χ3v) is 3.97. The zero-order valence-corrected chi connectivity index (χ0v) is 12.3. The normalized spacial score (nSPS) is 12.5. The van der Waals surface area contributed by atoms with Crippen LogP contribution in [0.15, 0.2) is 34.9 Å². The van der Waals surface area contributed by atoms with Crippen molar-refractivity contribution in [2.45, 2.75) is 6.04 Å². The van der Waals surface area contributed by atoms with Crippen LogP contribution in [0.1, 0.15) is 17.3 Å². The second kappa shape index (κ2) is 5.94. The summed E-state index contributed by atoms with van der Waals surface area (Å²) < 4.78 is 27.5. The van der Waals surface area contributed by atoms with Gasteiger partial charge in [0.2, 0.25) is 0 Å². The molecule has 2 aromatic rings. The number of halogens is 4. The average Bonchev–Trinajstić information content (AvgIpc) is 2.41. The van der Waals surface area contributed by atoms with Crippen LogP contribution in [-0.4, -0.2) is 12.0 Å². The molecule has 6 heteroatoms. The Labute approximate surface area is 122 Å². The number of hydrogen-bond acceptors (Lipinski definition) is 2. The molecule has 0 bridgehead atoms. The Bertz CT molecular complexity index is 590. The average molecular weight is 348 g/mol. The van der Waals surface area contributed by atoms with Gasteiger partial charge in [0.15, 0.2) is 0 Å². The second-order valence-electron chi connectivity index (χ2n) is 3.89. The van der Waals surface area contributed by atoms with Crippen molar-refractivity contribution in [1.29, 1.82) is 0 Å². The smallest absolute Gasteiger partial charge is 0.148 e. The molecule has 100 valence electrons. The molecule has 2 rings (SSSR count). The van der Waals surface area contributed by atoms with E-state index in [2.05, 4.69) is 26.2 Å². The van der Waals surface area contributed by atoms with Gasteiger partial charge in [-0.3, -0.25) is 4.98 Å². The number of pyridine rings is 1. The number of rotatable bonds is 3. The van der Waals surface area contributed by atoms with Crippen LogP contribution in [0.25, 0.3) is 0 Å². The molecule has 1 atom stereocenters. The summed E-state index contributed by atoms with van der Waals surface area (Å²) in [5, 5.41) is 2.96. The van der Waals surface area contributed by atoms with Gasteiger partial charge in [0.1, 0.15) is 11.6 Å². The fourth-order valence-corrected chi connectivity index (χ4v) is 2.26. The second-order valence-corrected chi connectivity index (χ2v) is 5.12. The zero-order chi connectivity index (χ0) is 14.0. The van der Waals surface area contributed by atoms with Gasteiger partial charge in [-0.2, -0.15) is 0 Å². The summed E-state index contributed by atoms with van der Waals surface area (Å²) in [6.07, 6.45) is 1.10. The fourth-order valence-electron chi connectivity index (χ4n) is 1.78. The third-order valence-electron chi connectivity index (χ3n) is 2.71. The van der Waals surface area contributed by atoms with Crippen molar-refractivity contribution in [3.05, 3.63) is 62.8 Å². The molecule has 1 aromatic heterocycles. The van der Waals surface area contributed by atoms with E-state index >= 15 is 0 Å². The van der Waals surface area contributed by atoms with Crippen LogP contribution >= 0.6 is 27.5 Å². The van der Waals surface area contributed by atoms with E-state index in [1.54, 1.807) is 19.2 Å². The van der Waals surface area contributed by atoms with Crippen LogP contribution < -0.4 is 5.32 Å². The summed E-state index contributed by atoms with van der Waals surface area (Å²) in [5.41, 5.74) is 0.871. The Morgan fingerprint density at radius 3 is 2.58 bits per heavy atom.